The number of nitrogens with two attached hydrogens (primary N) is 1. The molecule has 0 radical (unpaired) electrons. The van der Waals surface area contributed by atoms with Gasteiger partial charge in [-0.05, 0) is 18.9 Å². The zero-order valence-corrected chi connectivity index (χ0v) is 10.5. The van der Waals surface area contributed by atoms with Crippen molar-refractivity contribution >= 4 is 11.7 Å². The fraction of sp³-hybridized carbons (Fsp3) is 0.500. The smallest absolute Gasteiger partial charge is 0.234 e. The van der Waals surface area contributed by atoms with Crippen molar-refractivity contribution in [1.29, 1.82) is 0 Å². The third kappa shape index (κ3) is 2.70. The maximum absolute atomic E-state index is 12.3. The number of nitrogens with one attached hydrogen (secondary N) is 1. The van der Waals surface area contributed by atoms with Crippen molar-refractivity contribution in [2.75, 3.05) is 13.2 Å². The number of amidine groups is 1. The number of hydrogen-bond donors (Lipinski definition) is 3. The molecule has 0 spiro atoms. The van der Waals surface area contributed by atoms with Crippen LogP contribution in [0.1, 0.15) is 18.4 Å². The highest BCUT2D eigenvalue weighted by Crippen LogP contribution is 2.31. The SMILES string of the molecule is N/C(=N/O)C1(C(=O)NCc2ccoc2)CCOCC1. The minimum absolute atomic E-state index is 0.0690. The van der Waals surface area contributed by atoms with Crippen LogP contribution in [0.2, 0.25) is 0 Å². The number of furan rings is 1. The molecule has 104 valence electrons. The highest BCUT2D eigenvalue weighted by atomic mass is 16.5. The Morgan fingerprint density at radius 1 is 1.53 bits per heavy atom. The molecule has 7 nitrogen and oxygen atoms in total. The molecule has 1 saturated heterocycles. The number of carbonyl (C=O) groups excluding carboxylic acids is 1. The summed E-state index contributed by atoms with van der Waals surface area (Å²) < 4.78 is 10.2. The fourth-order valence-corrected chi connectivity index (χ4v) is 2.16. The molecule has 0 bridgehead atoms. The topological polar surface area (TPSA) is 110 Å². The first-order valence-electron chi connectivity index (χ1n) is 6.04. The molecule has 1 aromatic heterocycles. The predicted octanol–water partition coefficient (Wildman–Crippen LogP) is 0.439. The van der Waals surface area contributed by atoms with Gasteiger partial charge in [-0.3, -0.25) is 4.79 Å². The van der Waals surface area contributed by atoms with E-state index in [1.165, 1.54) is 6.26 Å². The van der Waals surface area contributed by atoms with Crippen molar-refractivity contribution in [3.05, 3.63) is 24.2 Å². The molecule has 0 aliphatic carbocycles. The van der Waals surface area contributed by atoms with Gasteiger partial charge in [0.2, 0.25) is 5.91 Å². The molecule has 2 heterocycles. The van der Waals surface area contributed by atoms with Crippen LogP contribution in [0, 0.1) is 5.41 Å². The van der Waals surface area contributed by atoms with Gasteiger partial charge < -0.3 is 25.4 Å². The highest BCUT2D eigenvalue weighted by Gasteiger charge is 2.44. The Balaban J connectivity index is 2.07. The summed E-state index contributed by atoms with van der Waals surface area (Å²) in [6, 6.07) is 1.76. The van der Waals surface area contributed by atoms with E-state index in [-0.39, 0.29) is 11.7 Å². The van der Waals surface area contributed by atoms with Crippen molar-refractivity contribution in [2.24, 2.45) is 16.3 Å². The molecule has 0 unspecified atom stereocenters. The van der Waals surface area contributed by atoms with Gasteiger partial charge in [0.1, 0.15) is 5.41 Å². The third-order valence-electron chi connectivity index (χ3n) is 3.41. The van der Waals surface area contributed by atoms with Gasteiger partial charge in [0, 0.05) is 25.3 Å². The van der Waals surface area contributed by atoms with Gasteiger partial charge >= 0.3 is 0 Å². The molecule has 0 aromatic carbocycles. The van der Waals surface area contributed by atoms with E-state index in [0.717, 1.165) is 5.56 Å². The molecular weight excluding hydrogens is 250 g/mol. The molecule has 0 atom stereocenters. The number of oxime groups is 1. The third-order valence-corrected chi connectivity index (χ3v) is 3.41. The van der Waals surface area contributed by atoms with Crippen LogP contribution in [-0.2, 0) is 16.1 Å². The second-order valence-corrected chi connectivity index (χ2v) is 4.49. The summed E-state index contributed by atoms with van der Waals surface area (Å²) in [7, 11) is 0. The fourth-order valence-electron chi connectivity index (χ4n) is 2.16. The predicted molar refractivity (Wildman–Crippen MR) is 66.4 cm³/mol. The van der Waals surface area contributed by atoms with E-state index in [9.17, 15) is 4.79 Å². The molecule has 7 heteroatoms. The summed E-state index contributed by atoms with van der Waals surface area (Å²) in [5.74, 6) is -0.326. The summed E-state index contributed by atoms with van der Waals surface area (Å²) in [5.41, 5.74) is 5.56. The lowest BCUT2D eigenvalue weighted by Crippen LogP contribution is -2.52. The second-order valence-electron chi connectivity index (χ2n) is 4.49. The van der Waals surface area contributed by atoms with E-state index in [0.29, 0.717) is 32.6 Å². The molecule has 0 saturated carbocycles. The maximum Gasteiger partial charge on any atom is 0.234 e. The van der Waals surface area contributed by atoms with Crippen molar-refractivity contribution in [2.45, 2.75) is 19.4 Å². The molecule has 1 fully saturated rings. The average Bonchev–Trinajstić information content (AvgIpc) is 2.97. The number of ether oxygens (including phenoxy) is 1. The second kappa shape index (κ2) is 5.75. The van der Waals surface area contributed by atoms with Gasteiger partial charge in [0.05, 0.1) is 12.5 Å². The first-order valence-corrected chi connectivity index (χ1v) is 6.04. The number of nitrogens with zero attached hydrogens (tertiary/aromatic N) is 1. The van der Waals surface area contributed by atoms with E-state index in [1.54, 1.807) is 12.3 Å². The summed E-state index contributed by atoms with van der Waals surface area (Å²) >= 11 is 0. The molecule has 2 rings (SSSR count). The lowest BCUT2D eigenvalue weighted by atomic mass is 9.78. The first-order chi connectivity index (χ1) is 9.19. The van der Waals surface area contributed by atoms with Gasteiger partial charge in [-0.25, -0.2) is 0 Å². The Kier molecular flexibility index (Phi) is 4.06. The van der Waals surface area contributed by atoms with Gasteiger partial charge in [-0.1, -0.05) is 5.16 Å². The van der Waals surface area contributed by atoms with Crippen LogP contribution < -0.4 is 11.1 Å². The molecular formula is C12H17N3O4. The van der Waals surface area contributed by atoms with Gasteiger partial charge in [-0.2, -0.15) is 0 Å². The van der Waals surface area contributed by atoms with Gasteiger partial charge in [0.15, 0.2) is 5.84 Å². The van der Waals surface area contributed by atoms with Crippen LogP contribution in [0.15, 0.2) is 28.2 Å². The summed E-state index contributed by atoms with van der Waals surface area (Å²) in [4.78, 5) is 12.3. The molecule has 1 aliphatic rings. The number of rotatable bonds is 4. The quantitative estimate of drug-likeness (QED) is 0.317. The zero-order chi connectivity index (χ0) is 13.7. The Hall–Kier alpha value is -2.02. The van der Waals surface area contributed by atoms with E-state index in [4.69, 9.17) is 20.1 Å². The van der Waals surface area contributed by atoms with Gasteiger partial charge in [0.25, 0.3) is 0 Å². The minimum Gasteiger partial charge on any atom is -0.472 e. The van der Waals surface area contributed by atoms with Crippen LogP contribution >= 0.6 is 0 Å². The lowest BCUT2D eigenvalue weighted by Gasteiger charge is -2.34. The molecule has 1 aromatic rings. The Morgan fingerprint density at radius 3 is 2.84 bits per heavy atom. The molecule has 1 amide bonds. The van der Waals surface area contributed by atoms with E-state index in [1.807, 2.05) is 0 Å². The van der Waals surface area contributed by atoms with E-state index in [2.05, 4.69) is 10.5 Å². The van der Waals surface area contributed by atoms with Crippen LogP contribution in [0.25, 0.3) is 0 Å². The van der Waals surface area contributed by atoms with Crippen LogP contribution in [0.5, 0.6) is 0 Å². The van der Waals surface area contributed by atoms with Crippen molar-refractivity contribution in [1.82, 2.24) is 5.32 Å². The molecule has 4 N–H and O–H groups in total. The van der Waals surface area contributed by atoms with Gasteiger partial charge in [-0.15, -0.1) is 0 Å². The molecule has 1 aliphatic heterocycles. The largest absolute Gasteiger partial charge is 0.472 e. The molecule has 19 heavy (non-hydrogen) atoms. The summed E-state index contributed by atoms with van der Waals surface area (Å²) in [6.45, 7) is 1.17. The summed E-state index contributed by atoms with van der Waals surface area (Å²) in [5, 5.41) is 14.7. The van der Waals surface area contributed by atoms with Crippen LogP contribution in [0.3, 0.4) is 0 Å². The standard InChI is InChI=1S/C12H17N3O4/c13-10(15-17)12(2-5-18-6-3-12)11(16)14-7-9-1-4-19-8-9/h1,4,8,17H,2-3,5-7H2,(H2,13,15)(H,14,16). The average molecular weight is 267 g/mol. The van der Waals surface area contributed by atoms with Crippen molar-refractivity contribution in [3.63, 3.8) is 0 Å². The zero-order valence-electron chi connectivity index (χ0n) is 10.5. The minimum atomic E-state index is -0.989. The lowest BCUT2D eigenvalue weighted by molar-refractivity contribution is -0.131. The van der Waals surface area contributed by atoms with E-state index >= 15 is 0 Å². The Bertz CT molecular complexity index is 450. The Labute approximate surface area is 110 Å². The monoisotopic (exact) mass is 267 g/mol. The maximum atomic E-state index is 12.3. The van der Waals surface area contributed by atoms with Crippen molar-refractivity contribution < 1.29 is 19.2 Å². The number of hydrogen-bond acceptors (Lipinski definition) is 5. The van der Waals surface area contributed by atoms with E-state index < -0.39 is 5.41 Å². The first kappa shape index (κ1) is 13.4. The number of amides is 1. The highest BCUT2D eigenvalue weighted by molar-refractivity contribution is 6.06. The normalized spacial score (nSPS) is 19.1. The van der Waals surface area contributed by atoms with Crippen LogP contribution in [0.4, 0.5) is 0 Å². The Morgan fingerprint density at radius 2 is 2.26 bits per heavy atom. The van der Waals surface area contributed by atoms with Crippen molar-refractivity contribution in [3.8, 4) is 0 Å². The summed E-state index contributed by atoms with van der Waals surface area (Å²) in [6.07, 6.45) is 3.90. The van der Waals surface area contributed by atoms with Crippen LogP contribution in [-0.4, -0.2) is 30.2 Å². The number of carbonyl (C=O) groups is 1.